The molecular weight excluding hydrogens is 186 g/mol. The number of rotatable bonds is 0. The van der Waals surface area contributed by atoms with Gasteiger partial charge in [0, 0.05) is 11.8 Å². The highest BCUT2D eigenvalue weighted by atomic mass is 16.4. The second-order valence-electron chi connectivity index (χ2n) is 4.25. The SMILES string of the molecule is O/N=C1\C2C=CCC1c1ccccc1C2. The Balaban J connectivity index is 2.17. The van der Waals surface area contributed by atoms with Crippen molar-refractivity contribution in [3.05, 3.63) is 47.5 Å². The first kappa shape index (κ1) is 8.72. The smallest absolute Gasteiger partial charge is 0.0720 e. The molecule has 2 nitrogen and oxygen atoms in total. The highest BCUT2D eigenvalue weighted by Crippen LogP contribution is 2.38. The first-order valence-electron chi connectivity index (χ1n) is 5.36. The van der Waals surface area contributed by atoms with Crippen LogP contribution in [0.4, 0.5) is 0 Å². The molecule has 1 aromatic carbocycles. The second kappa shape index (κ2) is 3.23. The normalized spacial score (nSPS) is 30.3. The van der Waals surface area contributed by atoms with E-state index < -0.39 is 0 Å². The van der Waals surface area contributed by atoms with E-state index >= 15 is 0 Å². The molecule has 0 saturated heterocycles. The molecule has 1 N–H and O–H groups in total. The molecule has 0 radical (unpaired) electrons. The Labute approximate surface area is 88.9 Å². The van der Waals surface area contributed by atoms with Crippen molar-refractivity contribution in [2.24, 2.45) is 11.1 Å². The molecule has 2 unspecified atom stereocenters. The molecule has 0 fully saturated rings. The number of allylic oxidation sites excluding steroid dienone is 2. The fourth-order valence-electron chi connectivity index (χ4n) is 2.76. The number of fused-ring (bicyclic) bond motifs is 4. The maximum absolute atomic E-state index is 9.08. The van der Waals surface area contributed by atoms with Gasteiger partial charge in [0.05, 0.1) is 5.71 Å². The van der Waals surface area contributed by atoms with Crippen LogP contribution < -0.4 is 0 Å². The van der Waals surface area contributed by atoms with Gasteiger partial charge in [0.2, 0.25) is 0 Å². The number of nitrogens with zero attached hydrogens (tertiary/aromatic N) is 1. The standard InChI is InChI=1S/C13H13NO/c15-14-13-10-5-3-7-12(13)11-6-2-1-4-9(11)8-10/h1-6,10,12,15H,7-8H2/b14-13+. The van der Waals surface area contributed by atoms with Crippen LogP contribution in [0.15, 0.2) is 41.6 Å². The minimum absolute atomic E-state index is 0.301. The summed E-state index contributed by atoms with van der Waals surface area (Å²) in [6.45, 7) is 0. The van der Waals surface area contributed by atoms with Gasteiger partial charge in [0.1, 0.15) is 0 Å². The molecule has 15 heavy (non-hydrogen) atoms. The number of hydrogen-bond donors (Lipinski definition) is 1. The zero-order valence-electron chi connectivity index (χ0n) is 8.43. The zero-order valence-corrected chi connectivity index (χ0v) is 8.43. The summed E-state index contributed by atoms with van der Waals surface area (Å²) in [5.74, 6) is 0.610. The van der Waals surface area contributed by atoms with Crippen LogP contribution in [-0.4, -0.2) is 10.9 Å². The summed E-state index contributed by atoms with van der Waals surface area (Å²) in [4.78, 5) is 0. The zero-order chi connectivity index (χ0) is 10.3. The average Bonchev–Trinajstić information content (AvgIpc) is 2.28. The Hall–Kier alpha value is -1.57. The molecule has 0 amide bonds. The van der Waals surface area contributed by atoms with Crippen molar-refractivity contribution in [1.29, 1.82) is 0 Å². The summed E-state index contributed by atoms with van der Waals surface area (Å²) >= 11 is 0. The van der Waals surface area contributed by atoms with E-state index in [4.69, 9.17) is 5.21 Å². The van der Waals surface area contributed by atoms with E-state index in [1.54, 1.807) is 0 Å². The van der Waals surface area contributed by atoms with Gasteiger partial charge in [-0.2, -0.15) is 0 Å². The summed E-state index contributed by atoms with van der Waals surface area (Å²) in [7, 11) is 0. The van der Waals surface area contributed by atoms with Gasteiger partial charge in [-0.05, 0) is 24.0 Å². The molecule has 0 saturated carbocycles. The van der Waals surface area contributed by atoms with Crippen LogP contribution in [-0.2, 0) is 6.42 Å². The predicted octanol–water partition coefficient (Wildman–Crippen LogP) is 2.73. The second-order valence-corrected chi connectivity index (χ2v) is 4.25. The summed E-state index contributed by atoms with van der Waals surface area (Å²) < 4.78 is 0. The van der Waals surface area contributed by atoms with Crippen LogP contribution in [0.1, 0.15) is 23.5 Å². The van der Waals surface area contributed by atoms with E-state index in [0.717, 1.165) is 18.6 Å². The molecule has 0 heterocycles. The van der Waals surface area contributed by atoms with Crippen molar-refractivity contribution >= 4 is 5.71 Å². The fraction of sp³-hybridized carbons (Fsp3) is 0.308. The molecule has 2 atom stereocenters. The molecule has 2 aliphatic rings. The lowest BCUT2D eigenvalue weighted by Crippen LogP contribution is -2.31. The van der Waals surface area contributed by atoms with Crippen LogP contribution in [0.2, 0.25) is 0 Å². The van der Waals surface area contributed by atoms with Crippen LogP contribution in [0.3, 0.4) is 0 Å². The third kappa shape index (κ3) is 1.21. The van der Waals surface area contributed by atoms with Crippen LogP contribution in [0.25, 0.3) is 0 Å². The van der Waals surface area contributed by atoms with Crippen molar-refractivity contribution in [3.8, 4) is 0 Å². The molecule has 76 valence electrons. The summed E-state index contributed by atoms with van der Waals surface area (Å²) in [5, 5.41) is 12.6. The highest BCUT2D eigenvalue weighted by Gasteiger charge is 2.33. The Bertz CT molecular complexity index is 448. The van der Waals surface area contributed by atoms with Gasteiger partial charge in [0.15, 0.2) is 0 Å². The summed E-state index contributed by atoms with van der Waals surface area (Å²) in [6, 6.07) is 8.48. The topological polar surface area (TPSA) is 32.6 Å². The maximum atomic E-state index is 9.08. The molecule has 0 spiro atoms. The van der Waals surface area contributed by atoms with Crippen LogP contribution in [0.5, 0.6) is 0 Å². The van der Waals surface area contributed by atoms with Gasteiger partial charge in [-0.3, -0.25) is 0 Å². The van der Waals surface area contributed by atoms with E-state index in [1.165, 1.54) is 11.1 Å². The number of benzene rings is 1. The molecule has 2 heteroatoms. The molecule has 1 aromatic rings. The number of hydrogen-bond acceptors (Lipinski definition) is 2. The van der Waals surface area contributed by atoms with Crippen molar-refractivity contribution in [2.45, 2.75) is 18.8 Å². The maximum Gasteiger partial charge on any atom is 0.0720 e. The highest BCUT2D eigenvalue weighted by molar-refractivity contribution is 5.96. The molecule has 2 bridgehead atoms. The van der Waals surface area contributed by atoms with Crippen LogP contribution >= 0.6 is 0 Å². The third-order valence-corrected chi connectivity index (χ3v) is 3.46. The van der Waals surface area contributed by atoms with E-state index in [9.17, 15) is 0 Å². The molecular formula is C13H13NO. The fourth-order valence-corrected chi connectivity index (χ4v) is 2.76. The molecule has 0 aliphatic heterocycles. The van der Waals surface area contributed by atoms with Crippen molar-refractivity contribution < 1.29 is 5.21 Å². The van der Waals surface area contributed by atoms with Crippen LogP contribution in [0, 0.1) is 5.92 Å². The average molecular weight is 199 g/mol. The van der Waals surface area contributed by atoms with E-state index in [0.29, 0.717) is 11.8 Å². The molecule has 3 rings (SSSR count). The Morgan fingerprint density at radius 1 is 1.27 bits per heavy atom. The van der Waals surface area contributed by atoms with E-state index in [1.807, 2.05) is 0 Å². The monoisotopic (exact) mass is 199 g/mol. The summed E-state index contributed by atoms with van der Waals surface area (Å²) in [6.07, 6.45) is 6.32. The quantitative estimate of drug-likeness (QED) is 0.389. The Morgan fingerprint density at radius 2 is 2.13 bits per heavy atom. The Morgan fingerprint density at radius 3 is 3.00 bits per heavy atom. The first-order chi connectivity index (χ1) is 7.40. The van der Waals surface area contributed by atoms with Gasteiger partial charge >= 0.3 is 0 Å². The molecule has 2 aliphatic carbocycles. The van der Waals surface area contributed by atoms with Gasteiger partial charge in [-0.15, -0.1) is 0 Å². The van der Waals surface area contributed by atoms with Gasteiger partial charge < -0.3 is 5.21 Å². The predicted molar refractivity (Wildman–Crippen MR) is 59.4 cm³/mol. The number of oxime groups is 1. The van der Waals surface area contributed by atoms with E-state index in [-0.39, 0.29) is 0 Å². The van der Waals surface area contributed by atoms with Gasteiger partial charge in [-0.25, -0.2) is 0 Å². The van der Waals surface area contributed by atoms with E-state index in [2.05, 4.69) is 41.6 Å². The third-order valence-electron chi connectivity index (χ3n) is 3.46. The van der Waals surface area contributed by atoms with Gasteiger partial charge in [0.25, 0.3) is 0 Å². The van der Waals surface area contributed by atoms with Gasteiger partial charge in [-0.1, -0.05) is 41.6 Å². The largest absolute Gasteiger partial charge is 0.411 e. The Kier molecular flexibility index (Phi) is 1.88. The summed E-state index contributed by atoms with van der Waals surface area (Å²) in [5.41, 5.74) is 3.69. The lowest BCUT2D eigenvalue weighted by molar-refractivity contribution is 0.312. The van der Waals surface area contributed by atoms with Crippen molar-refractivity contribution in [1.82, 2.24) is 0 Å². The minimum Gasteiger partial charge on any atom is -0.411 e. The lowest BCUT2D eigenvalue weighted by atomic mass is 9.71. The first-order valence-corrected chi connectivity index (χ1v) is 5.36. The lowest BCUT2D eigenvalue weighted by Gasteiger charge is -2.33. The van der Waals surface area contributed by atoms with Crippen molar-refractivity contribution in [2.75, 3.05) is 0 Å². The minimum atomic E-state index is 0.301. The molecule has 0 aromatic heterocycles. The van der Waals surface area contributed by atoms with Crippen molar-refractivity contribution in [3.63, 3.8) is 0 Å².